The summed E-state index contributed by atoms with van der Waals surface area (Å²) in [5.41, 5.74) is 5.11. The van der Waals surface area contributed by atoms with E-state index in [1.165, 1.54) is 22.4 Å². The molecule has 2 aromatic rings. The number of aryl methyl sites for hydroxylation is 3. The summed E-state index contributed by atoms with van der Waals surface area (Å²) in [4.78, 5) is 0. The molecule has 0 aliphatic rings. The van der Waals surface area contributed by atoms with Crippen molar-refractivity contribution in [2.24, 2.45) is 7.05 Å². The lowest BCUT2D eigenvalue weighted by Crippen LogP contribution is -3.00. The maximum Gasteiger partial charge on any atom is 0.204 e. The van der Waals surface area contributed by atoms with Crippen LogP contribution in [0.3, 0.4) is 0 Å². The van der Waals surface area contributed by atoms with Crippen molar-refractivity contribution in [3.05, 3.63) is 65.0 Å². The van der Waals surface area contributed by atoms with Gasteiger partial charge in [-0.1, -0.05) is 23.8 Å². The van der Waals surface area contributed by atoms with Gasteiger partial charge in [0.25, 0.3) is 0 Å². The Hall–Kier alpha value is -1.16. The van der Waals surface area contributed by atoms with Crippen LogP contribution in [-0.4, -0.2) is 0 Å². The zero-order valence-corrected chi connectivity index (χ0v) is 13.2. The van der Waals surface area contributed by atoms with E-state index in [0.717, 1.165) is 0 Å². The van der Waals surface area contributed by atoms with Crippen molar-refractivity contribution in [1.29, 1.82) is 0 Å². The third-order valence-corrected chi connectivity index (χ3v) is 2.95. The van der Waals surface area contributed by atoms with Gasteiger partial charge in [-0.05, 0) is 37.1 Å². The topological polar surface area (TPSA) is 3.88 Å². The molecule has 1 heterocycles. The summed E-state index contributed by atoms with van der Waals surface area (Å²) in [7, 11) is 2.06. The average Bonchev–Trinajstić information content (AvgIpc) is 2.30. The molecule has 18 heavy (non-hydrogen) atoms. The third-order valence-electron chi connectivity index (χ3n) is 2.95. The van der Waals surface area contributed by atoms with E-state index in [9.17, 15) is 0 Å². The highest BCUT2D eigenvalue weighted by molar-refractivity contribution is 5.68. The molecule has 0 spiro atoms. The molecule has 0 aliphatic carbocycles. The molecule has 0 N–H and O–H groups in total. The number of nitrogens with zero attached hydrogens (tertiary/aromatic N) is 1. The number of rotatable bonds is 2. The summed E-state index contributed by atoms with van der Waals surface area (Å²) < 4.78 is 2.11. The molecule has 0 saturated heterocycles. The summed E-state index contributed by atoms with van der Waals surface area (Å²) in [6, 6.07) is 12.7. The minimum atomic E-state index is 0. The molecular formula is C16H18IN. The Morgan fingerprint density at radius 1 is 1.00 bits per heavy atom. The second-order valence-corrected chi connectivity index (χ2v) is 4.43. The zero-order valence-electron chi connectivity index (χ0n) is 11.0. The van der Waals surface area contributed by atoms with Gasteiger partial charge >= 0.3 is 0 Å². The van der Waals surface area contributed by atoms with Gasteiger partial charge in [0.05, 0.1) is 0 Å². The van der Waals surface area contributed by atoms with Crippen LogP contribution in [-0.2, 0) is 7.05 Å². The SMILES string of the molecule is Cc1ccc(C=Cc2cccc[n+]2C)c(C)c1.[I-]. The van der Waals surface area contributed by atoms with Crippen LogP contribution in [0.2, 0.25) is 0 Å². The van der Waals surface area contributed by atoms with Gasteiger partial charge < -0.3 is 24.0 Å². The van der Waals surface area contributed by atoms with Crippen molar-refractivity contribution < 1.29 is 28.5 Å². The highest BCUT2D eigenvalue weighted by Gasteiger charge is 2.00. The van der Waals surface area contributed by atoms with Crippen LogP contribution in [0.5, 0.6) is 0 Å². The predicted molar refractivity (Wildman–Crippen MR) is 72.5 cm³/mol. The summed E-state index contributed by atoms with van der Waals surface area (Å²) in [6.07, 6.45) is 6.38. The first-order valence-corrected chi connectivity index (χ1v) is 5.87. The van der Waals surface area contributed by atoms with Gasteiger partial charge in [-0.2, -0.15) is 0 Å². The lowest BCUT2D eigenvalue weighted by atomic mass is 10.1. The van der Waals surface area contributed by atoms with Crippen LogP contribution >= 0.6 is 0 Å². The molecule has 0 saturated carbocycles. The van der Waals surface area contributed by atoms with E-state index in [-0.39, 0.29) is 24.0 Å². The van der Waals surface area contributed by atoms with E-state index < -0.39 is 0 Å². The van der Waals surface area contributed by atoms with Crippen molar-refractivity contribution in [2.45, 2.75) is 13.8 Å². The number of benzene rings is 1. The Morgan fingerprint density at radius 3 is 2.44 bits per heavy atom. The number of pyridine rings is 1. The Morgan fingerprint density at radius 2 is 1.78 bits per heavy atom. The fourth-order valence-electron chi connectivity index (χ4n) is 1.90. The molecule has 1 nitrogen and oxygen atoms in total. The molecule has 0 unspecified atom stereocenters. The molecule has 2 rings (SSSR count). The van der Waals surface area contributed by atoms with Gasteiger partial charge in [-0.3, -0.25) is 0 Å². The van der Waals surface area contributed by atoms with Gasteiger partial charge in [0.15, 0.2) is 6.20 Å². The Bertz CT molecular complexity index is 559. The first-order chi connectivity index (χ1) is 8.16. The molecule has 1 aromatic heterocycles. The first kappa shape index (κ1) is 14.9. The number of halogens is 1. The molecule has 0 radical (unpaired) electrons. The minimum absolute atomic E-state index is 0. The zero-order chi connectivity index (χ0) is 12.3. The van der Waals surface area contributed by atoms with Gasteiger partial charge in [0, 0.05) is 18.2 Å². The lowest BCUT2D eigenvalue weighted by molar-refractivity contribution is -0.673. The summed E-state index contributed by atoms with van der Waals surface area (Å²) in [6.45, 7) is 4.27. The third kappa shape index (κ3) is 3.67. The quantitative estimate of drug-likeness (QED) is 0.542. The molecular weight excluding hydrogens is 333 g/mol. The normalized spacial score (nSPS) is 10.4. The highest BCUT2D eigenvalue weighted by atomic mass is 127. The fraction of sp³-hybridized carbons (Fsp3) is 0.188. The molecule has 0 bridgehead atoms. The number of aromatic nitrogens is 1. The van der Waals surface area contributed by atoms with E-state index in [1.807, 2.05) is 6.07 Å². The maximum absolute atomic E-state index is 2.21. The molecule has 0 fully saturated rings. The minimum Gasteiger partial charge on any atom is -1.00 e. The predicted octanol–water partition coefficient (Wildman–Crippen LogP) is 0.302. The van der Waals surface area contributed by atoms with Crippen molar-refractivity contribution in [1.82, 2.24) is 0 Å². The van der Waals surface area contributed by atoms with Gasteiger partial charge in [-0.25, -0.2) is 4.57 Å². The fourth-order valence-corrected chi connectivity index (χ4v) is 1.90. The number of hydrogen-bond donors (Lipinski definition) is 0. The largest absolute Gasteiger partial charge is 1.00 e. The van der Waals surface area contributed by atoms with Crippen LogP contribution < -0.4 is 28.5 Å². The molecule has 0 atom stereocenters. The van der Waals surface area contributed by atoms with Crippen LogP contribution in [0.25, 0.3) is 12.2 Å². The van der Waals surface area contributed by atoms with Crippen LogP contribution in [0.15, 0.2) is 42.6 Å². The van der Waals surface area contributed by atoms with Gasteiger partial charge in [0.1, 0.15) is 7.05 Å². The van der Waals surface area contributed by atoms with Crippen molar-refractivity contribution in [2.75, 3.05) is 0 Å². The first-order valence-electron chi connectivity index (χ1n) is 5.87. The standard InChI is InChI=1S/C16H18N.HI/c1-13-7-8-15(14(2)12-13)9-10-16-6-4-5-11-17(16)3;/h4-12H,1-3H3;1H/q+1;/p-1. The molecule has 0 aliphatic heterocycles. The van der Waals surface area contributed by atoms with E-state index in [0.29, 0.717) is 0 Å². The van der Waals surface area contributed by atoms with Crippen molar-refractivity contribution >= 4 is 12.2 Å². The van der Waals surface area contributed by atoms with E-state index in [1.54, 1.807) is 0 Å². The van der Waals surface area contributed by atoms with E-state index >= 15 is 0 Å². The molecule has 2 heteroatoms. The monoisotopic (exact) mass is 351 g/mol. The summed E-state index contributed by atoms with van der Waals surface area (Å²) >= 11 is 0. The van der Waals surface area contributed by atoms with E-state index in [4.69, 9.17) is 0 Å². The Balaban J connectivity index is 0.00000162. The molecule has 0 amide bonds. The van der Waals surface area contributed by atoms with Crippen LogP contribution in [0.1, 0.15) is 22.4 Å². The average molecular weight is 351 g/mol. The summed E-state index contributed by atoms with van der Waals surface area (Å²) in [5, 5.41) is 0. The molecule has 1 aromatic carbocycles. The van der Waals surface area contributed by atoms with Crippen LogP contribution in [0.4, 0.5) is 0 Å². The molecule has 94 valence electrons. The van der Waals surface area contributed by atoms with Crippen LogP contribution in [0, 0.1) is 13.8 Å². The Labute approximate surface area is 126 Å². The number of hydrogen-bond acceptors (Lipinski definition) is 0. The Kier molecular flexibility index (Phi) is 5.54. The smallest absolute Gasteiger partial charge is 0.204 e. The van der Waals surface area contributed by atoms with Crippen molar-refractivity contribution in [3.63, 3.8) is 0 Å². The second-order valence-electron chi connectivity index (χ2n) is 4.43. The summed E-state index contributed by atoms with van der Waals surface area (Å²) in [5.74, 6) is 0. The van der Waals surface area contributed by atoms with Crippen molar-refractivity contribution in [3.8, 4) is 0 Å². The second kappa shape index (κ2) is 6.69. The highest BCUT2D eigenvalue weighted by Crippen LogP contribution is 2.13. The van der Waals surface area contributed by atoms with Gasteiger partial charge in [-0.15, -0.1) is 0 Å². The lowest BCUT2D eigenvalue weighted by Gasteiger charge is -2.01. The van der Waals surface area contributed by atoms with Gasteiger partial charge in [0.2, 0.25) is 5.69 Å². The van der Waals surface area contributed by atoms with E-state index in [2.05, 4.69) is 74.1 Å². The maximum atomic E-state index is 2.21.